The van der Waals surface area contributed by atoms with Gasteiger partial charge in [0.2, 0.25) is 25.6 Å². The maximum Gasteiger partial charge on any atom is 0.207 e. The van der Waals surface area contributed by atoms with E-state index < -0.39 is 0 Å². The smallest absolute Gasteiger partial charge is 0.207 e. The number of benzene rings is 4. The minimum Gasteiger partial charge on any atom is -0.497 e. The van der Waals surface area contributed by atoms with Gasteiger partial charge in [-0.05, 0) is 248 Å². The van der Waals surface area contributed by atoms with Crippen LogP contribution in [0.3, 0.4) is 0 Å². The number of halogens is 1. The molecule has 21 heteroatoms. The molecule has 0 unspecified atom stereocenters. The Kier molecular flexibility index (Phi) is 61.5. The van der Waals surface area contributed by atoms with E-state index in [0.29, 0.717) is 43.2 Å². The summed E-state index contributed by atoms with van der Waals surface area (Å²) in [6.07, 6.45) is 27.2. The van der Waals surface area contributed by atoms with E-state index in [4.69, 9.17) is 30.5 Å². The predicted octanol–water partition coefficient (Wildman–Crippen LogP) is 21.3. The number of thioether (sulfide) groups is 1. The monoisotopic (exact) mass is 1610 g/mol. The van der Waals surface area contributed by atoms with Crippen LogP contribution < -0.4 is 40.2 Å². The number of rotatable bonds is 25. The summed E-state index contributed by atoms with van der Waals surface area (Å²) in [6, 6.07) is 59.5. The van der Waals surface area contributed by atoms with Gasteiger partial charge < -0.3 is 44.8 Å². The number of hydrogen-bond acceptors (Lipinski definition) is 15. The van der Waals surface area contributed by atoms with E-state index in [9.17, 15) is 19.2 Å². The molecule has 114 heavy (non-hydrogen) atoms. The number of nitrogens with zero attached hydrogens (tertiary/aromatic N) is 6. The van der Waals surface area contributed by atoms with E-state index in [1.807, 2.05) is 237 Å². The third-order valence-electron chi connectivity index (χ3n) is 15.4. The van der Waals surface area contributed by atoms with Crippen molar-refractivity contribution in [3.8, 4) is 28.7 Å². The minimum absolute atomic E-state index is 0. The Bertz CT molecular complexity index is 3850. The number of methoxy groups -OCH3 is 1. The number of carbonyl (C=O) groups excluding carboxylic acids is 4. The third kappa shape index (κ3) is 56.2. The molecule has 18 nitrogen and oxygen atoms in total. The summed E-state index contributed by atoms with van der Waals surface area (Å²) in [5, 5.41) is 12.2. The van der Waals surface area contributed by atoms with Gasteiger partial charge in [-0.25, -0.2) is 4.98 Å². The van der Waals surface area contributed by atoms with Crippen LogP contribution in [0.25, 0.3) is 5.69 Å². The Labute approximate surface area is 697 Å². The molecule has 6 aromatic heterocycles. The van der Waals surface area contributed by atoms with Crippen LogP contribution in [0.15, 0.2) is 240 Å². The molecule has 1 fully saturated rings. The van der Waals surface area contributed by atoms with Gasteiger partial charge in [0.25, 0.3) is 0 Å². The first-order valence-corrected chi connectivity index (χ1v) is 41.0. The molecule has 11 rings (SSSR count). The van der Waals surface area contributed by atoms with Crippen LogP contribution in [0.4, 0.5) is 0 Å². The van der Waals surface area contributed by atoms with Gasteiger partial charge in [-0.3, -0.25) is 39.1 Å². The summed E-state index contributed by atoms with van der Waals surface area (Å²) in [7, 11) is 1.65. The van der Waals surface area contributed by atoms with Crippen molar-refractivity contribution in [2.75, 3.05) is 59.4 Å². The van der Waals surface area contributed by atoms with E-state index in [0.717, 1.165) is 125 Å². The van der Waals surface area contributed by atoms with Crippen molar-refractivity contribution in [3.05, 3.63) is 270 Å². The second kappa shape index (κ2) is 67.5. The number of amides is 4. The van der Waals surface area contributed by atoms with Crippen LogP contribution in [-0.4, -0.2) is 114 Å². The summed E-state index contributed by atoms with van der Waals surface area (Å²) >= 11 is 9.04. The molecular weight excluding hydrogens is 1480 g/mol. The Morgan fingerprint density at radius 2 is 1.04 bits per heavy atom. The third-order valence-corrected chi connectivity index (χ3v) is 17.3. The Morgan fingerprint density at radius 1 is 0.526 bits per heavy atom. The maximum absolute atomic E-state index is 9.94. The molecule has 0 bridgehead atoms. The van der Waals surface area contributed by atoms with Gasteiger partial charge in [-0.15, -0.1) is 11.8 Å². The summed E-state index contributed by atoms with van der Waals surface area (Å²) in [6.45, 7) is 35.9. The van der Waals surface area contributed by atoms with Crippen LogP contribution in [0, 0.1) is 44.9 Å². The molecule has 4 N–H and O–H groups in total. The average Bonchev–Trinajstić information content (AvgIpc) is 1.66. The van der Waals surface area contributed by atoms with Gasteiger partial charge in [0.15, 0.2) is 0 Å². The summed E-state index contributed by atoms with van der Waals surface area (Å²) in [5.74, 6) is 5.40. The number of aromatic nitrogens is 6. The molecule has 1 aliphatic rings. The number of aryl methyl sites for hydroxylation is 5. The fourth-order valence-corrected chi connectivity index (χ4v) is 10.5. The van der Waals surface area contributed by atoms with Crippen molar-refractivity contribution in [3.63, 3.8) is 0 Å². The number of pyridine rings is 5. The SMILES string of the molecule is C.CC(C)(C)CNC=O.CC(C)CNC=O.CCOc1ccc(-n2cccc2)cc1.CCOc1ccc(OC)cc1.CCOc1cccc(Cl)c1.CCc1ccc(C)nc1.CSc1ccc(C)nc1.Cc1ccc(C(C)C)cn1.Cc1ccc(Sc2ccccn2)cn1.O=CNCC1CCCCC1.O=CNCCc1ccccc1. The molecule has 4 aromatic carbocycles. The van der Waals surface area contributed by atoms with Gasteiger partial charge in [0, 0.05) is 113 Å². The van der Waals surface area contributed by atoms with Crippen molar-refractivity contribution in [2.45, 2.75) is 177 Å². The van der Waals surface area contributed by atoms with Crippen molar-refractivity contribution < 1.29 is 38.1 Å². The van der Waals surface area contributed by atoms with E-state index in [1.165, 1.54) is 53.7 Å². The second-order valence-electron chi connectivity index (χ2n) is 27.1. The molecule has 620 valence electrons. The van der Waals surface area contributed by atoms with Crippen LogP contribution in [0.2, 0.25) is 5.02 Å². The first-order valence-electron chi connectivity index (χ1n) is 38.5. The normalized spacial score (nSPS) is 10.6. The Morgan fingerprint density at radius 3 is 1.47 bits per heavy atom. The van der Waals surface area contributed by atoms with Crippen LogP contribution in [0.1, 0.15) is 161 Å². The van der Waals surface area contributed by atoms with Crippen molar-refractivity contribution in [2.24, 2.45) is 17.3 Å². The minimum atomic E-state index is 0. The average molecular weight is 1620 g/mol. The van der Waals surface area contributed by atoms with Gasteiger partial charge >= 0.3 is 0 Å². The molecule has 0 atom stereocenters. The van der Waals surface area contributed by atoms with Gasteiger partial charge in [-0.1, -0.05) is 160 Å². The standard InChI is InChI=1S/C12H13NO.C11H10N2S.C9H11NO.C9H13N.C9H12O2.C8H9ClO.C8H15NO.C8H11N.C7H9NS.C6H13NO.C5H11NO.CH4/c1-2-14-12-7-5-11(6-8-12)13-9-3-4-10-13;1-9-5-6-10(8-13-9)14-11-4-2-3-7-12-11;11-8-10-7-6-9-4-2-1-3-5-9;1-7(2)9-5-4-8(3)10-6-9;1-3-11-9-6-4-8(10-2)5-7-9;1-2-10-8-5-3-4-7(9)6-8;10-7-9-6-8-4-2-1-3-5-8;1-3-8-5-4-7(2)9-6-8;1-6-3-4-7(9-2)5-8-6;1-6(2,3)4-7-5-8;1-5(2)3-6-4-7;/h3-10H,2H2,1H3;2-8H,1H3;1-5,8H,6-7H2,(H,10,11);4-7H,1-3H3;4-7H,3H2,1-2H3;3-6H,2H2,1H3;7-8H,1-6H2,(H,9,10);4-6H,3H2,1-2H3;3-5H,1-2H3;5H,4H2,1-3H3,(H,7,8);4-5H,3H2,1-2H3,(H,6,7);1H4. The predicted molar refractivity (Wildman–Crippen MR) is 477 cm³/mol. The maximum atomic E-state index is 9.94. The van der Waals surface area contributed by atoms with E-state index >= 15 is 0 Å². The number of carbonyl (C=O) groups is 4. The topological polar surface area (TPSA) is 223 Å². The zero-order valence-corrected chi connectivity index (χ0v) is 72.3. The number of nitrogens with one attached hydrogen (secondary N) is 4. The number of ether oxygens (including phenoxy) is 4. The second-order valence-corrected chi connectivity index (χ2v) is 29.5. The van der Waals surface area contributed by atoms with Crippen LogP contribution >= 0.6 is 35.1 Å². The summed E-state index contributed by atoms with van der Waals surface area (Å²) in [5.41, 5.74) is 9.52. The highest BCUT2D eigenvalue weighted by Crippen LogP contribution is 2.26. The highest BCUT2D eigenvalue weighted by Gasteiger charge is 2.12. The van der Waals surface area contributed by atoms with Crippen molar-refractivity contribution in [1.82, 2.24) is 50.8 Å². The Balaban J connectivity index is 0.00000124. The summed E-state index contributed by atoms with van der Waals surface area (Å²) in [4.78, 5) is 62.4. The van der Waals surface area contributed by atoms with Gasteiger partial charge in [0.1, 0.15) is 28.0 Å². The first-order chi connectivity index (χ1) is 54.5. The molecule has 10 aromatic rings. The fraction of sp³-hybridized carbons (Fsp3) is 0.387. The molecular formula is C93H131ClN10O8S2. The van der Waals surface area contributed by atoms with Gasteiger partial charge in [-0.2, -0.15) is 0 Å². The van der Waals surface area contributed by atoms with Crippen molar-refractivity contribution in [1.29, 1.82) is 0 Å². The number of hydrogen-bond donors (Lipinski definition) is 4. The first kappa shape index (κ1) is 104. The zero-order chi connectivity index (χ0) is 83.5. The van der Waals surface area contributed by atoms with Crippen LogP contribution in [0.5, 0.6) is 23.0 Å². The lowest BCUT2D eigenvalue weighted by Crippen LogP contribution is -2.25. The molecule has 6 heterocycles. The largest absolute Gasteiger partial charge is 0.497 e. The molecule has 0 aliphatic heterocycles. The quantitative estimate of drug-likeness (QED) is 0.0237. The molecule has 4 amide bonds. The van der Waals surface area contributed by atoms with Gasteiger partial charge in [0.05, 0.1) is 26.9 Å². The van der Waals surface area contributed by atoms with Crippen molar-refractivity contribution >= 4 is 60.8 Å². The molecule has 0 radical (unpaired) electrons. The van der Waals surface area contributed by atoms with E-state index in [-0.39, 0.29) is 12.8 Å². The van der Waals surface area contributed by atoms with E-state index in [2.05, 4.69) is 136 Å². The molecule has 1 aliphatic carbocycles. The lowest BCUT2D eigenvalue weighted by Gasteiger charge is -2.20. The molecule has 0 saturated heterocycles. The lowest BCUT2D eigenvalue weighted by atomic mass is 9.89. The fourth-order valence-electron chi connectivity index (χ4n) is 9.25. The molecule has 0 spiro atoms. The Hall–Kier alpha value is -10.0. The lowest BCUT2D eigenvalue weighted by molar-refractivity contribution is -0.110. The highest BCUT2D eigenvalue weighted by molar-refractivity contribution is 7.99. The molecule has 1 saturated carbocycles. The highest BCUT2D eigenvalue weighted by atomic mass is 35.5. The van der Waals surface area contributed by atoms with Crippen LogP contribution in [-0.2, 0) is 32.0 Å². The van der Waals surface area contributed by atoms with E-state index in [1.54, 1.807) is 42.9 Å². The summed E-state index contributed by atoms with van der Waals surface area (Å²) < 4.78 is 22.9. The zero-order valence-electron chi connectivity index (χ0n) is 69.9.